The summed E-state index contributed by atoms with van der Waals surface area (Å²) in [5.74, 6) is -0.0473. The average Bonchev–Trinajstić information content (AvgIpc) is 2.17. The summed E-state index contributed by atoms with van der Waals surface area (Å²) in [5, 5.41) is 2.89. The van der Waals surface area contributed by atoms with Crippen LogP contribution in [0.4, 0.5) is 0 Å². The molecule has 0 heterocycles. The predicted octanol–water partition coefficient (Wildman–Crippen LogP) is 2.36. The number of methoxy groups -OCH3 is 1. The van der Waals surface area contributed by atoms with Gasteiger partial charge in [0.25, 0.3) is 5.91 Å². The minimum absolute atomic E-state index is 0.0228. The number of nitrogens with one attached hydrogen (secondary N) is 1. The Labute approximate surface area is 110 Å². The van der Waals surface area contributed by atoms with Crippen molar-refractivity contribution in [2.75, 3.05) is 13.7 Å². The molecule has 0 aliphatic heterocycles. The number of halogens is 1. The van der Waals surface area contributed by atoms with Crippen molar-refractivity contribution in [3.05, 3.63) is 32.9 Å². The van der Waals surface area contributed by atoms with Crippen molar-refractivity contribution >= 4 is 28.5 Å². The van der Waals surface area contributed by atoms with Crippen molar-refractivity contribution < 1.29 is 9.53 Å². The molecular weight excluding hydrogens is 317 g/mol. The quantitative estimate of drug-likeness (QED) is 0.859. The van der Waals surface area contributed by atoms with Crippen LogP contribution in [0.1, 0.15) is 22.8 Å². The van der Waals surface area contributed by atoms with Crippen molar-refractivity contribution in [2.45, 2.75) is 19.9 Å². The van der Waals surface area contributed by atoms with Gasteiger partial charge in [-0.3, -0.25) is 4.79 Å². The van der Waals surface area contributed by atoms with Gasteiger partial charge in [0, 0.05) is 16.7 Å². The summed E-state index contributed by atoms with van der Waals surface area (Å²) < 4.78 is 5.95. The third kappa shape index (κ3) is 3.75. The lowest BCUT2D eigenvalue weighted by Crippen LogP contribution is -2.35. The van der Waals surface area contributed by atoms with E-state index in [-0.39, 0.29) is 11.9 Å². The summed E-state index contributed by atoms with van der Waals surface area (Å²) in [5.41, 5.74) is 1.88. The first-order valence-corrected chi connectivity index (χ1v) is 6.18. The Morgan fingerprint density at radius 1 is 1.56 bits per heavy atom. The molecule has 0 bridgehead atoms. The fraction of sp³-hybridized carbons (Fsp3) is 0.417. The van der Waals surface area contributed by atoms with Gasteiger partial charge in [-0.25, -0.2) is 0 Å². The van der Waals surface area contributed by atoms with Gasteiger partial charge in [0.1, 0.15) is 0 Å². The van der Waals surface area contributed by atoms with Crippen LogP contribution in [0, 0.1) is 10.5 Å². The number of carbonyl (C=O) groups is 1. The highest BCUT2D eigenvalue weighted by molar-refractivity contribution is 14.1. The summed E-state index contributed by atoms with van der Waals surface area (Å²) in [4.78, 5) is 11.9. The van der Waals surface area contributed by atoms with Gasteiger partial charge in [-0.2, -0.15) is 0 Å². The van der Waals surface area contributed by atoms with E-state index >= 15 is 0 Å². The standard InChI is InChI=1S/C12H16INO2/c1-8-4-5-10(11(13)6-8)12(15)14-9(2)7-16-3/h4-6,9H,7H2,1-3H3,(H,14,15)/t9-/m1/s1. The first-order chi connectivity index (χ1) is 7.54. The van der Waals surface area contributed by atoms with Crippen LogP contribution in [0.3, 0.4) is 0 Å². The van der Waals surface area contributed by atoms with Crippen LogP contribution in [0.15, 0.2) is 18.2 Å². The van der Waals surface area contributed by atoms with E-state index in [0.29, 0.717) is 12.2 Å². The molecular formula is C12H16INO2. The van der Waals surface area contributed by atoms with Gasteiger partial charge in [-0.1, -0.05) is 11.6 Å². The molecule has 0 saturated carbocycles. The molecule has 0 fully saturated rings. The number of hydrogen-bond donors (Lipinski definition) is 1. The number of amides is 1. The lowest BCUT2D eigenvalue weighted by molar-refractivity contribution is 0.0904. The molecule has 0 aliphatic carbocycles. The number of carbonyl (C=O) groups excluding carboxylic acids is 1. The predicted molar refractivity (Wildman–Crippen MR) is 72.7 cm³/mol. The van der Waals surface area contributed by atoms with Crippen molar-refractivity contribution in [2.24, 2.45) is 0 Å². The first-order valence-electron chi connectivity index (χ1n) is 5.10. The fourth-order valence-electron chi connectivity index (χ4n) is 1.40. The highest BCUT2D eigenvalue weighted by Crippen LogP contribution is 2.14. The SMILES string of the molecule is COC[C@@H](C)NC(=O)c1ccc(C)cc1I. The van der Waals surface area contributed by atoms with Crippen LogP contribution < -0.4 is 5.32 Å². The molecule has 4 heteroatoms. The zero-order valence-corrected chi connectivity index (χ0v) is 11.9. The van der Waals surface area contributed by atoms with Crippen LogP contribution in [-0.2, 0) is 4.74 Å². The second kappa shape index (κ2) is 6.20. The zero-order chi connectivity index (χ0) is 12.1. The Morgan fingerprint density at radius 3 is 2.81 bits per heavy atom. The summed E-state index contributed by atoms with van der Waals surface area (Å²) >= 11 is 2.18. The maximum absolute atomic E-state index is 11.9. The smallest absolute Gasteiger partial charge is 0.252 e. The fourth-order valence-corrected chi connectivity index (χ4v) is 2.31. The molecule has 1 aromatic rings. The molecule has 0 aromatic heterocycles. The molecule has 88 valence electrons. The van der Waals surface area contributed by atoms with Crippen LogP contribution in [0.2, 0.25) is 0 Å². The second-order valence-electron chi connectivity index (χ2n) is 3.81. The van der Waals surface area contributed by atoms with Crippen molar-refractivity contribution in [3.63, 3.8) is 0 Å². The summed E-state index contributed by atoms with van der Waals surface area (Å²) in [6, 6.07) is 5.81. The van der Waals surface area contributed by atoms with Crippen molar-refractivity contribution in [1.82, 2.24) is 5.32 Å². The molecule has 3 nitrogen and oxygen atoms in total. The number of benzene rings is 1. The molecule has 0 saturated heterocycles. The maximum atomic E-state index is 11.9. The van der Waals surface area contributed by atoms with Gasteiger partial charge >= 0.3 is 0 Å². The zero-order valence-electron chi connectivity index (χ0n) is 9.71. The maximum Gasteiger partial charge on any atom is 0.252 e. The Morgan fingerprint density at radius 2 is 2.25 bits per heavy atom. The highest BCUT2D eigenvalue weighted by Gasteiger charge is 2.12. The van der Waals surface area contributed by atoms with Gasteiger partial charge in [0.15, 0.2) is 0 Å². The molecule has 0 unspecified atom stereocenters. The molecule has 1 rings (SSSR count). The minimum Gasteiger partial charge on any atom is -0.383 e. The Bertz CT molecular complexity index is 379. The molecule has 0 aliphatic rings. The largest absolute Gasteiger partial charge is 0.383 e. The van der Waals surface area contributed by atoms with E-state index in [0.717, 1.165) is 9.13 Å². The summed E-state index contributed by atoms with van der Waals surface area (Å²) in [6.45, 7) is 4.45. The average molecular weight is 333 g/mol. The van der Waals surface area contributed by atoms with Crippen molar-refractivity contribution in [1.29, 1.82) is 0 Å². The normalized spacial score (nSPS) is 12.2. The number of aryl methyl sites for hydroxylation is 1. The second-order valence-corrected chi connectivity index (χ2v) is 4.98. The molecule has 0 spiro atoms. The lowest BCUT2D eigenvalue weighted by Gasteiger charge is -2.13. The molecule has 16 heavy (non-hydrogen) atoms. The number of hydrogen-bond acceptors (Lipinski definition) is 2. The first kappa shape index (κ1) is 13.4. The Hall–Kier alpha value is -0.620. The number of ether oxygens (including phenoxy) is 1. The van der Waals surface area contributed by atoms with Crippen LogP contribution in [0.5, 0.6) is 0 Å². The third-order valence-corrected chi connectivity index (χ3v) is 3.06. The van der Waals surface area contributed by atoms with Gasteiger partial charge in [0.2, 0.25) is 0 Å². The Kier molecular flexibility index (Phi) is 5.21. The van der Waals surface area contributed by atoms with Crippen LogP contribution >= 0.6 is 22.6 Å². The highest BCUT2D eigenvalue weighted by atomic mass is 127. The molecule has 1 amide bonds. The van der Waals surface area contributed by atoms with E-state index in [9.17, 15) is 4.79 Å². The number of rotatable bonds is 4. The van der Waals surface area contributed by atoms with Gasteiger partial charge in [0.05, 0.1) is 12.2 Å². The molecule has 1 N–H and O–H groups in total. The van der Waals surface area contributed by atoms with E-state index in [1.165, 1.54) is 0 Å². The topological polar surface area (TPSA) is 38.3 Å². The third-order valence-electron chi connectivity index (χ3n) is 2.16. The molecule has 1 atom stereocenters. The van der Waals surface area contributed by atoms with Crippen molar-refractivity contribution in [3.8, 4) is 0 Å². The van der Waals surface area contributed by atoms with E-state index in [2.05, 4.69) is 27.9 Å². The van der Waals surface area contributed by atoms with Crippen LogP contribution in [0.25, 0.3) is 0 Å². The summed E-state index contributed by atoms with van der Waals surface area (Å²) in [7, 11) is 1.62. The molecule has 1 aromatic carbocycles. The monoisotopic (exact) mass is 333 g/mol. The van der Waals surface area contributed by atoms with E-state index < -0.39 is 0 Å². The van der Waals surface area contributed by atoms with E-state index in [1.807, 2.05) is 32.0 Å². The Balaban J connectivity index is 2.73. The van der Waals surface area contributed by atoms with Gasteiger partial charge in [-0.05, 0) is 48.6 Å². The minimum atomic E-state index is -0.0473. The summed E-state index contributed by atoms with van der Waals surface area (Å²) in [6.07, 6.45) is 0. The van der Waals surface area contributed by atoms with E-state index in [4.69, 9.17) is 4.74 Å². The van der Waals surface area contributed by atoms with Crippen LogP contribution in [-0.4, -0.2) is 25.7 Å². The van der Waals surface area contributed by atoms with Gasteiger partial charge < -0.3 is 10.1 Å². The van der Waals surface area contributed by atoms with Gasteiger partial charge in [-0.15, -0.1) is 0 Å². The van der Waals surface area contributed by atoms with E-state index in [1.54, 1.807) is 7.11 Å². The lowest BCUT2D eigenvalue weighted by atomic mass is 10.1. The molecule has 0 radical (unpaired) electrons.